The smallest absolute Gasteiger partial charge is 0.322 e. The SMILES string of the molecule is COc1ccccc1N1CCNC1=O. The molecule has 1 aromatic rings. The first-order chi connectivity index (χ1) is 6.83. The summed E-state index contributed by atoms with van der Waals surface area (Å²) in [7, 11) is 1.60. The largest absolute Gasteiger partial charge is 0.495 e. The molecular formula is C10H12N2O2. The molecule has 0 spiro atoms. The normalized spacial score (nSPS) is 15.5. The third-order valence-electron chi connectivity index (χ3n) is 2.23. The second kappa shape index (κ2) is 3.57. The van der Waals surface area contributed by atoms with Gasteiger partial charge in [0.2, 0.25) is 0 Å². The quantitative estimate of drug-likeness (QED) is 0.765. The van der Waals surface area contributed by atoms with Crippen molar-refractivity contribution in [3.63, 3.8) is 0 Å². The maximum atomic E-state index is 11.4. The molecule has 74 valence electrons. The Morgan fingerprint density at radius 2 is 2.21 bits per heavy atom. The van der Waals surface area contributed by atoms with Crippen LogP contribution >= 0.6 is 0 Å². The molecule has 0 aliphatic carbocycles. The monoisotopic (exact) mass is 192 g/mol. The van der Waals surface area contributed by atoms with Crippen LogP contribution in [0.5, 0.6) is 5.75 Å². The fourth-order valence-corrected chi connectivity index (χ4v) is 1.55. The van der Waals surface area contributed by atoms with Crippen molar-refractivity contribution in [1.29, 1.82) is 0 Å². The third-order valence-corrected chi connectivity index (χ3v) is 2.23. The predicted octanol–water partition coefficient (Wildman–Crippen LogP) is 1.22. The van der Waals surface area contributed by atoms with Gasteiger partial charge in [0.15, 0.2) is 0 Å². The summed E-state index contributed by atoms with van der Waals surface area (Å²) in [5.74, 6) is 0.726. The van der Waals surface area contributed by atoms with Gasteiger partial charge in [-0.3, -0.25) is 4.90 Å². The Bertz CT molecular complexity index is 352. The number of nitrogens with zero attached hydrogens (tertiary/aromatic N) is 1. The first-order valence-corrected chi connectivity index (χ1v) is 4.51. The van der Waals surface area contributed by atoms with E-state index in [0.717, 1.165) is 11.4 Å². The molecule has 0 bridgehead atoms. The molecule has 14 heavy (non-hydrogen) atoms. The van der Waals surface area contributed by atoms with E-state index in [1.54, 1.807) is 12.0 Å². The van der Waals surface area contributed by atoms with Crippen LogP contribution in [0.25, 0.3) is 0 Å². The molecule has 1 saturated heterocycles. The van der Waals surface area contributed by atoms with Crippen LogP contribution in [0.2, 0.25) is 0 Å². The Balaban J connectivity index is 2.35. The number of ether oxygens (including phenoxy) is 1. The summed E-state index contributed by atoms with van der Waals surface area (Å²) in [5.41, 5.74) is 0.824. The van der Waals surface area contributed by atoms with Crippen LogP contribution in [0.3, 0.4) is 0 Å². The van der Waals surface area contributed by atoms with E-state index in [2.05, 4.69) is 5.32 Å². The highest BCUT2D eigenvalue weighted by Crippen LogP contribution is 2.28. The van der Waals surface area contributed by atoms with Gasteiger partial charge in [0.25, 0.3) is 0 Å². The molecular weight excluding hydrogens is 180 g/mol. The van der Waals surface area contributed by atoms with Crippen LogP contribution in [0.15, 0.2) is 24.3 Å². The van der Waals surface area contributed by atoms with Gasteiger partial charge in [0.1, 0.15) is 5.75 Å². The van der Waals surface area contributed by atoms with Gasteiger partial charge in [-0.05, 0) is 12.1 Å². The van der Waals surface area contributed by atoms with E-state index in [0.29, 0.717) is 13.1 Å². The highest BCUT2D eigenvalue weighted by molar-refractivity contribution is 5.95. The standard InChI is InChI=1S/C10H12N2O2/c1-14-9-5-3-2-4-8(9)12-7-6-11-10(12)13/h2-5H,6-7H2,1H3,(H,11,13). The van der Waals surface area contributed by atoms with E-state index >= 15 is 0 Å². The van der Waals surface area contributed by atoms with Crippen molar-refractivity contribution in [2.75, 3.05) is 25.1 Å². The van der Waals surface area contributed by atoms with Crippen LogP contribution in [0, 0.1) is 0 Å². The van der Waals surface area contributed by atoms with E-state index in [4.69, 9.17) is 4.74 Å². The summed E-state index contributed by atoms with van der Waals surface area (Å²) in [5, 5.41) is 2.75. The van der Waals surface area contributed by atoms with Gasteiger partial charge in [-0.15, -0.1) is 0 Å². The minimum absolute atomic E-state index is 0.0606. The summed E-state index contributed by atoms with van der Waals surface area (Å²) in [6.07, 6.45) is 0. The van der Waals surface area contributed by atoms with E-state index in [-0.39, 0.29) is 6.03 Å². The minimum Gasteiger partial charge on any atom is -0.495 e. The molecule has 0 aromatic heterocycles. The average molecular weight is 192 g/mol. The number of hydrogen-bond donors (Lipinski definition) is 1. The van der Waals surface area contributed by atoms with Gasteiger partial charge in [0, 0.05) is 13.1 Å². The van der Waals surface area contributed by atoms with Crippen molar-refractivity contribution in [1.82, 2.24) is 5.32 Å². The van der Waals surface area contributed by atoms with Crippen molar-refractivity contribution in [3.8, 4) is 5.75 Å². The lowest BCUT2D eigenvalue weighted by atomic mass is 10.2. The Morgan fingerprint density at radius 3 is 2.86 bits per heavy atom. The highest BCUT2D eigenvalue weighted by Gasteiger charge is 2.23. The van der Waals surface area contributed by atoms with Crippen LogP contribution < -0.4 is 15.0 Å². The van der Waals surface area contributed by atoms with Crippen LogP contribution in [-0.2, 0) is 0 Å². The zero-order chi connectivity index (χ0) is 9.97. The number of nitrogens with one attached hydrogen (secondary N) is 1. The molecule has 1 aliphatic rings. The Morgan fingerprint density at radius 1 is 1.43 bits per heavy atom. The number of para-hydroxylation sites is 2. The van der Waals surface area contributed by atoms with Crippen molar-refractivity contribution in [2.45, 2.75) is 0 Å². The second-order valence-corrected chi connectivity index (χ2v) is 3.06. The number of methoxy groups -OCH3 is 1. The minimum atomic E-state index is -0.0606. The lowest BCUT2D eigenvalue weighted by Crippen LogP contribution is -2.27. The van der Waals surface area contributed by atoms with E-state index < -0.39 is 0 Å². The molecule has 4 heteroatoms. The second-order valence-electron chi connectivity index (χ2n) is 3.06. The highest BCUT2D eigenvalue weighted by atomic mass is 16.5. The molecule has 2 amide bonds. The lowest BCUT2D eigenvalue weighted by molar-refractivity contribution is 0.252. The predicted molar refractivity (Wildman–Crippen MR) is 53.7 cm³/mol. The van der Waals surface area contributed by atoms with Gasteiger partial charge in [0.05, 0.1) is 12.8 Å². The Kier molecular flexibility index (Phi) is 2.26. The summed E-state index contributed by atoms with van der Waals surface area (Å²) >= 11 is 0. The van der Waals surface area contributed by atoms with Crippen LogP contribution in [0.1, 0.15) is 0 Å². The molecule has 4 nitrogen and oxygen atoms in total. The van der Waals surface area contributed by atoms with E-state index in [1.807, 2.05) is 24.3 Å². The first kappa shape index (κ1) is 8.87. The molecule has 0 saturated carbocycles. The Hall–Kier alpha value is -1.71. The fourth-order valence-electron chi connectivity index (χ4n) is 1.55. The topological polar surface area (TPSA) is 41.6 Å². The molecule has 1 aromatic carbocycles. The molecule has 0 atom stereocenters. The summed E-state index contributed by atoms with van der Waals surface area (Å²) < 4.78 is 5.18. The zero-order valence-corrected chi connectivity index (χ0v) is 7.99. The maximum Gasteiger partial charge on any atom is 0.322 e. The lowest BCUT2D eigenvalue weighted by Gasteiger charge is -2.16. The summed E-state index contributed by atoms with van der Waals surface area (Å²) in [6.45, 7) is 1.39. The number of hydrogen-bond acceptors (Lipinski definition) is 2. The van der Waals surface area contributed by atoms with E-state index in [9.17, 15) is 4.79 Å². The fraction of sp³-hybridized carbons (Fsp3) is 0.300. The van der Waals surface area contributed by atoms with Gasteiger partial charge < -0.3 is 10.1 Å². The third kappa shape index (κ3) is 1.39. The number of carbonyl (C=O) groups excluding carboxylic acids is 1. The molecule has 1 fully saturated rings. The molecule has 1 N–H and O–H groups in total. The summed E-state index contributed by atoms with van der Waals surface area (Å²) in [4.78, 5) is 13.1. The van der Waals surface area contributed by atoms with Gasteiger partial charge >= 0.3 is 6.03 Å². The number of benzene rings is 1. The number of rotatable bonds is 2. The molecule has 1 heterocycles. The molecule has 0 radical (unpaired) electrons. The summed E-state index contributed by atoms with van der Waals surface area (Å²) in [6, 6.07) is 7.44. The van der Waals surface area contributed by atoms with Crippen molar-refractivity contribution in [2.24, 2.45) is 0 Å². The van der Waals surface area contributed by atoms with Gasteiger partial charge in [-0.2, -0.15) is 0 Å². The number of amides is 2. The first-order valence-electron chi connectivity index (χ1n) is 4.51. The van der Waals surface area contributed by atoms with Gasteiger partial charge in [-0.25, -0.2) is 4.79 Å². The van der Waals surface area contributed by atoms with Gasteiger partial charge in [-0.1, -0.05) is 12.1 Å². The molecule has 0 unspecified atom stereocenters. The average Bonchev–Trinajstić information content (AvgIpc) is 2.64. The maximum absolute atomic E-state index is 11.4. The molecule has 2 rings (SSSR count). The molecule has 1 aliphatic heterocycles. The zero-order valence-electron chi connectivity index (χ0n) is 7.99. The van der Waals surface area contributed by atoms with E-state index in [1.165, 1.54) is 0 Å². The number of carbonyl (C=O) groups is 1. The van der Waals surface area contributed by atoms with Crippen molar-refractivity contribution < 1.29 is 9.53 Å². The van der Waals surface area contributed by atoms with Crippen LogP contribution in [0.4, 0.5) is 10.5 Å². The van der Waals surface area contributed by atoms with Crippen molar-refractivity contribution in [3.05, 3.63) is 24.3 Å². The number of urea groups is 1. The number of anilines is 1. The Labute approximate surface area is 82.5 Å². The van der Waals surface area contributed by atoms with Crippen molar-refractivity contribution >= 4 is 11.7 Å². The van der Waals surface area contributed by atoms with Crippen LogP contribution in [-0.4, -0.2) is 26.2 Å².